The van der Waals surface area contributed by atoms with Crippen LogP contribution < -0.4 is 11.1 Å². The Balaban J connectivity index is 0.00000625. The van der Waals surface area contributed by atoms with Crippen LogP contribution in [0.5, 0.6) is 0 Å². The molecule has 0 aliphatic heterocycles. The molecular formula is C16H23ClF3N3O2S. The van der Waals surface area contributed by atoms with Crippen LogP contribution in [0.3, 0.4) is 0 Å². The minimum absolute atomic E-state index is 0. The van der Waals surface area contributed by atoms with Gasteiger partial charge in [0.25, 0.3) is 0 Å². The number of anilines is 1. The molecule has 1 aromatic carbocycles. The highest BCUT2D eigenvalue weighted by atomic mass is 35.5. The van der Waals surface area contributed by atoms with E-state index in [1.807, 2.05) is 6.26 Å². The molecule has 0 saturated carbocycles. The van der Waals surface area contributed by atoms with Crippen LogP contribution in [0.2, 0.25) is 0 Å². The number of halogens is 4. The van der Waals surface area contributed by atoms with Gasteiger partial charge in [-0.15, -0.1) is 12.4 Å². The maximum atomic E-state index is 12.6. The molecule has 26 heavy (non-hydrogen) atoms. The average molecular weight is 414 g/mol. The van der Waals surface area contributed by atoms with Crippen molar-refractivity contribution in [3.05, 3.63) is 29.8 Å². The van der Waals surface area contributed by atoms with Crippen molar-refractivity contribution < 1.29 is 22.8 Å². The summed E-state index contributed by atoms with van der Waals surface area (Å²) in [6, 6.07) is 5.69. The molecule has 0 aliphatic rings. The fraction of sp³-hybridized carbons (Fsp3) is 0.500. The maximum Gasteiger partial charge on any atom is 0.471 e. The summed E-state index contributed by atoms with van der Waals surface area (Å²) in [6.45, 7) is 1.20. The SMILES string of the molecule is CCN(Cc1cccc(NC(=O)[C@@H](N)CCSC)c1)C(=O)C(F)(F)F.Cl. The van der Waals surface area contributed by atoms with Crippen LogP contribution in [-0.2, 0) is 16.1 Å². The predicted molar refractivity (Wildman–Crippen MR) is 100 cm³/mol. The second kappa shape index (κ2) is 11.3. The quantitative estimate of drug-likeness (QED) is 0.686. The van der Waals surface area contributed by atoms with Crippen LogP contribution in [-0.4, -0.2) is 47.5 Å². The van der Waals surface area contributed by atoms with E-state index in [0.717, 1.165) is 5.75 Å². The lowest BCUT2D eigenvalue weighted by Gasteiger charge is -2.22. The van der Waals surface area contributed by atoms with E-state index in [1.165, 1.54) is 13.0 Å². The Kier molecular flexibility index (Phi) is 10.7. The van der Waals surface area contributed by atoms with Gasteiger partial charge < -0.3 is 16.0 Å². The molecular weight excluding hydrogens is 391 g/mol. The van der Waals surface area contributed by atoms with Gasteiger partial charge in [0.15, 0.2) is 0 Å². The summed E-state index contributed by atoms with van der Waals surface area (Å²) >= 11 is 1.58. The largest absolute Gasteiger partial charge is 0.471 e. The van der Waals surface area contributed by atoms with Gasteiger partial charge in [0.1, 0.15) is 0 Å². The van der Waals surface area contributed by atoms with E-state index < -0.39 is 18.1 Å². The maximum absolute atomic E-state index is 12.6. The minimum Gasteiger partial charge on any atom is -0.331 e. The highest BCUT2D eigenvalue weighted by Crippen LogP contribution is 2.21. The Morgan fingerprint density at radius 2 is 2.00 bits per heavy atom. The zero-order chi connectivity index (χ0) is 19.0. The summed E-state index contributed by atoms with van der Waals surface area (Å²) in [5.74, 6) is -1.49. The molecule has 0 spiro atoms. The van der Waals surface area contributed by atoms with Crippen molar-refractivity contribution >= 4 is 41.7 Å². The van der Waals surface area contributed by atoms with E-state index in [0.29, 0.717) is 22.6 Å². The Labute approximate surface area is 161 Å². The fourth-order valence-corrected chi connectivity index (χ4v) is 2.57. The second-order valence-electron chi connectivity index (χ2n) is 5.39. The van der Waals surface area contributed by atoms with Crippen LogP contribution >= 0.6 is 24.2 Å². The van der Waals surface area contributed by atoms with Crippen molar-refractivity contribution in [1.82, 2.24) is 4.90 Å². The second-order valence-corrected chi connectivity index (χ2v) is 6.38. The molecule has 1 aromatic rings. The first-order valence-electron chi connectivity index (χ1n) is 7.69. The highest BCUT2D eigenvalue weighted by Gasteiger charge is 2.41. The lowest BCUT2D eigenvalue weighted by molar-refractivity contribution is -0.185. The lowest BCUT2D eigenvalue weighted by atomic mass is 10.1. The number of nitrogens with zero attached hydrogens (tertiary/aromatic N) is 1. The summed E-state index contributed by atoms with van der Waals surface area (Å²) in [6.07, 6.45) is -2.47. The number of alkyl halides is 3. The number of nitrogens with one attached hydrogen (secondary N) is 1. The molecule has 0 bridgehead atoms. The number of carbonyl (C=O) groups is 2. The van der Waals surface area contributed by atoms with Gasteiger partial charge in [0, 0.05) is 18.8 Å². The Hall–Kier alpha value is -1.45. The molecule has 0 saturated heterocycles. The molecule has 3 N–H and O–H groups in total. The molecule has 0 aromatic heterocycles. The zero-order valence-electron chi connectivity index (χ0n) is 14.5. The summed E-state index contributed by atoms with van der Waals surface area (Å²) in [5.41, 5.74) is 6.69. The zero-order valence-corrected chi connectivity index (χ0v) is 16.1. The van der Waals surface area contributed by atoms with Crippen LogP contribution in [0.4, 0.5) is 18.9 Å². The van der Waals surface area contributed by atoms with Gasteiger partial charge >= 0.3 is 12.1 Å². The first-order valence-corrected chi connectivity index (χ1v) is 9.08. The predicted octanol–water partition coefficient (Wildman–Crippen LogP) is 3.04. The molecule has 0 heterocycles. The van der Waals surface area contributed by atoms with Crippen LogP contribution in [0.25, 0.3) is 0 Å². The summed E-state index contributed by atoms with van der Waals surface area (Å²) in [5, 5.41) is 2.64. The van der Waals surface area contributed by atoms with Crippen molar-refractivity contribution in [1.29, 1.82) is 0 Å². The Bertz CT molecular complexity index is 602. The first-order chi connectivity index (χ1) is 11.7. The number of thioether (sulfide) groups is 1. The highest BCUT2D eigenvalue weighted by molar-refractivity contribution is 7.98. The van der Waals surface area contributed by atoms with Gasteiger partial charge in [-0.05, 0) is 43.0 Å². The number of carbonyl (C=O) groups excluding carboxylic acids is 2. The molecule has 0 unspecified atom stereocenters. The van der Waals surface area contributed by atoms with E-state index in [1.54, 1.807) is 30.0 Å². The minimum atomic E-state index is -4.91. The van der Waals surface area contributed by atoms with Crippen molar-refractivity contribution in [3.8, 4) is 0 Å². The fourth-order valence-electron chi connectivity index (χ4n) is 2.09. The molecule has 148 valence electrons. The molecule has 1 atom stereocenters. The smallest absolute Gasteiger partial charge is 0.331 e. The van der Waals surface area contributed by atoms with Gasteiger partial charge in [-0.25, -0.2) is 0 Å². The van der Waals surface area contributed by atoms with Crippen LogP contribution in [0.15, 0.2) is 24.3 Å². The summed E-state index contributed by atoms with van der Waals surface area (Å²) < 4.78 is 37.7. The standard InChI is InChI=1S/C16H22F3N3O2S.ClH/c1-3-22(15(24)16(17,18)19)10-11-5-4-6-12(9-11)21-14(23)13(20)7-8-25-2;/h4-6,9,13H,3,7-8,10,20H2,1-2H3,(H,21,23);1H/t13-;/m0./s1. The molecule has 5 nitrogen and oxygen atoms in total. The van der Waals surface area contributed by atoms with Gasteiger partial charge in [0.2, 0.25) is 5.91 Å². The van der Waals surface area contributed by atoms with Gasteiger partial charge in [-0.3, -0.25) is 9.59 Å². The molecule has 1 rings (SSSR count). The number of benzene rings is 1. The lowest BCUT2D eigenvalue weighted by Crippen LogP contribution is -2.40. The van der Waals surface area contributed by atoms with Crippen LogP contribution in [0, 0.1) is 0 Å². The third kappa shape index (κ3) is 7.84. The average Bonchev–Trinajstić information content (AvgIpc) is 2.56. The number of amides is 2. The molecule has 0 radical (unpaired) electrons. The third-order valence-electron chi connectivity index (χ3n) is 3.45. The number of hydrogen-bond acceptors (Lipinski definition) is 4. The van der Waals surface area contributed by atoms with E-state index in [9.17, 15) is 22.8 Å². The van der Waals surface area contributed by atoms with E-state index >= 15 is 0 Å². The molecule has 0 fully saturated rings. The van der Waals surface area contributed by atoms with Gasteiger partial charge in [0.05, 0.1) is 6.04 Å². The van der Waals surface area contributed by atoms with Crippen molar-refractivity contribution in [3.63, 3.8) is 0 Å². The topological polar surface area (TPSA) is 75.4 Å². The third-order valence-corrected chi connectivity index (χ3v) is 4.09. The van der Waals surface area contributed by atoms with Crippen molar-refractivity contribution in [2.24, 2.45) is 5.73 Å². The first kappa shape index (κ1) is 24.6. The Morgan fingerprint density at radius 3 is 2.54 bits per heavy atom. The normalized spacial score (nSPS) is 12.1. The number of rotatable bonds is 8. The van der Waals surface area contributed by atoms with Crippen molar-refractivity contribution in [2.75, 3.05) is 23.9 Å². The number of nitrogens with two attached hydrogens (primary N) is 1. The van der Waals surface area contributed by atoms with E-state index in [4.69, 9.17) is 5.73 Å². The van der Waals surface area contributed by atoms with Crippen LogP contribution in [0.1, 0.15) is 18.9 Å². The van der Waals surface area contributed by atoms with E-state index in [-0.39, 0.29) is 31.4 Å². The summed E-state index contributed by atoms with van der Waals surface area (Å²) in [7, 11) is 0. The van der Waals surface area contributed by atoms with E-state index in [2.05, 4.69) is 5.32 Å². The monoisotopic (exact) mass is 413 g/mol. The molecule has 0 aliphatic carbocycles. The van der Waals surface area contributed by atoms with Crippen molar-refractivity contribution in [2.45, 2.75) is 32.1 Å². The van der Waals surface area contributed by atoms with Gasteiger partial charge in [-0.1, -0.05) is 12.1 Å². The number of hydrogen-bond donors (Lipinski definition) is 2. The Morgan fingerprint density at radius 1 is 1.35 bits per heavy atom. The van der Waals surface area contributed by atoms with Gasteiger partial charge in [-0.2, -0.15) is 24.9 Å². The molecule has 10 heteroatoms. The summed E-state index contributed by atoms with van der Waals surface area (Å²) in [4.78, 5) is 24.1. The molecule has 2 amide bonds.